The van der Waals surface area contributed by atoms with Crippen molar-refractivity contribution in [1.82, 2.24) is 9.59 Å². The van der Waals surface area contributed by atoms with E-state index in [1.165, 1.54) is 11.5 Å². The highest BCUT2D eigenvalue weighted by atomic mass is 32.1. The minimum absolute atomic E-state index is 0.0672. The Balaban J connectivity index is 2.37. The van der Waals surface area contributed by atoms with Crippen LogP contribution in [0.15, 0.2) is 29.6 Å². The van der Waals surface area contributed by atoms with Crippen molar-refractivity contribution in [3.63, 3.8) is 0 Å². The fourth-order valence-electron chi connectivity index (χ4n) is 1.20. The van der Waals surface area contributed by atoms with Gasteiger partial charge in [-0.3, -0.25) is 4.79 Å². The van der Waals surface area contributed by atoms with Crippen LogP contribution in [0.5, 0.6) is 0 Å². The summed E-state index contributed by atoms with van der Waals surface area (Å²) in [6, 6.07) is 7.45. The summed E-state index contributed by atoms with van der Waals surface area (Å²) in [7, 11) is 0. The molecule has 1 aromatic carbocycles. The zero-order chi connectivity index (χ0) is 9.97. The van der Waals surface area contributed by atoms with Crippen molar-refractivity contribution in [3.8, 4) is 0 Å². The first-order chi connectivity index (χ1) is 6.77. The van der Waals surface area contributed by atoms with Gasteiger partial charge in [0.15, 0.2) is 0 Å². The Kier molecular flexibility index (Phi) is 2.37. The van der Waals surface area contributed by atoms with Crippen molar-refractivity contribution in [2.45, 2.75) is 6.92 Å². The van der Waals surface area contributed by atoms with Gasteiger partial charge in [-0.15, -0.1) is 5.10 Å². The zero-order valence-corrected chi connectivity index (χ0v) is 8.41. The number of hydrogen-bond acceptors (Lipinski definition) is 4. The molecule has 0 radical (unpaired) electrons. The maximum Gasteiger partial charge on any atom is 0.214 e. The molecule has 0 saturated carbocycles. The molecular weight excluding hydrogens is 196 g/mol. The van der Waals surface area contributed by atoms with E-state index in [0.29, 0.717) is 11.3 Å². The molecule has 14 heavy (non-hydrogen) atoms. The Morgan fingerprint density at radius 3 is 2.93 bits per heavy atom. The van der Waals surface area contributed by atoms with E-state index >= 15 is 0 Å². The van der Waals surface area contributed by atoms with Crippen molar-refractivity contribution in [3.05, 3.63) is 46.5 Å². The van der Waals surface area contributed by atoms with Crippen molar-refractivity contribution < 1.29 is 4.79 Å². The van der Waals surface area contributed by atoms with Gasteiger partial charge in [-0.05, 0) is 24.5 Å². The van der Waals surface area contributed by atoms with E-state index in [0.717, 1.165) is 5.56 Å². The van der Waals surface area contributed by atoms with Crippen LogP contribution in [-0.2, 0) is 0 Å². The molecule has 0 aliphatic carbocycles. The highest BCUT2D eigenvalue weighted by Gasteiger charge is 2.11. The number of nitrogens with zero attached hydrogens (tertiary/aromatic N) is 2. The summed E-state index contributed by atoms with van der Waals surface area (Å²) < 4.78 is 3.66. The van der Waals surface area contributed by atoms with Gasteiger partial charge >= 0.3 is 0 Å². The Labute approximate surface area is 85.6 Å². The third-order valence-corrected chi connectivity index (χ3v) is 2.38. The van der Waals surface area contributed by atoms with Crippen LogP contribution in [0, 0.1) is 6.92 Å². The van der Waals surface area contributed by atoms with Crippen LogP contribution in [0.3, 0.4) is 0 Å². The van der Waals surface area contributed by atoms with Crippen LogP contribution in [-0.4, -0.2) is 15.4 Å². The molecule has 1 aromatic heterocycles. The lowest BCUT2D eigenvalue weighted by Gasteiger charge is -1.97. The number of carbonyl (C=O) groups excluding carboxylic acids is 1. The normalized spacial score (nSPS) is 10.1. The van der Waals surface area contributed by atoms with Gasteiger partial charge in [-0.25, -0.2) is 0 Å². The summed E-state index contributed by atoms with van der Waals surface area (Å²) in [5.74, 6) is -0.0672. The van der Waals surface area contributed by atoms with E-state index in [9.17, 15) is 4.79 Å². The Morgan fingerprint density at radius 1 is 1.43 bits per heavy atom. The van der Waals surface area contributed by atoms with Crippen molar-refractivity contribution in [2.24, 2.45) is 0 Å². The van der Waals surface area contributed by atoms with Crippen molar-refractivity contribution in [1.29, 1.82) is 0 Å². The van der Waals surface area contributed by atoms with E-state index in [1.807, 2.05) is 25.1 Å². The molecule has 0 aliphatic rings. The van der Waals surface area contributed by atoms with Crippen LogP contribution in [0.2, 0.25) is 0 Å². The first-order valence-corrected chi connectivity index (χ1v) is 4.99. The number of aromatic nitrogens is 2. The smallest absolute Gasteiger partial charge is 0.214 e. The van der Waals surface area contributed by atoms with E-state index in [1.54, 1.807) is 11.4 Å². The maximum absolute atomic E-state index is 11.8. The van der Waals surface area contributed by atoms with Gasteiger partial charge < -0.3 is 0 Å². The zero-order valence-electron chi connectivity index (χ0n) is 7.60. The lowest BCUT2D eigenvalue weighted by atomic mass is 10.1. The van der Waals surface area contributed by atoms with E-state index in [-0.39, 0.29) is 5.78 Å². The molecule has 0 fully saturated rings. The highest BCUT2D eigenvalue weighted by molar-refractivity contribution is 7.03. The number of aryl methyl sites for hydroxylation is 1. The molecule has 0 amide bonds. The molecule has 3 nitrogen and oxygen atoms in total. The van der Waals surface area contributed by atoms with Gasteiger partial charge in [0.1, 0.15) is 5.69 Å². The number of ketones is 1. The molecule has 2 rings (SSSR count). The second-order valence-corrected chi connectivity index (χ2v) is 3.60. The summed E-state index contributed by atoms with van der Waals surface area (Å²) >= 11 is 1.18. The first kappa shape index (κ1) is 9.02. The lowest BCUT2D eigenvalue weighted by molar-refractivity contribution is 0.103. The molecule has 4 heteroatoms. The predicted octanol–water partition coefficient (Wildman–Crippen LogP) is 2.08. The van der Waals surface area contributed by atoms with E-state index < -0.39 is 0 Å². The molecule has 1 heterocycles. The Bertz CT molecular complexity index is 451. The highest BCUT2D eigenvalue weighted by Crippen LogP contribution is 2.10. The van der Waals surface area contributed by atoms with Gasteiger partial charge in [0.05, 0.1) is 0 Å². The molecule has 0 atom stereocenters. The molecule has 0 saturated heterocycles. The maximum atomic E-state index is 11.8. The topological polar surface area (TPSA) is 42.9 Å². The standard InChI is InChI=1S/C10H8N2OS/c1-7-3-2-4-8(5-7)10(13)9-6-14-12-11-9/h2-6H,1H3. The molecule has 0 N–H and O–H groups in total. The van der Waals surface area contributed by atoms with Crippen LogP contribution in [0.1, 0.15) is 21.6 Å². The number of hydrogen-bond donors (Lipinski definition) is 0. The molecule has 0 spiro atoms. The fourth-order valence-corrected chi connectivity index (χ4v) is 1.63. The SMILES string of the molecule is Cc1cccc(C(=O)c2csnn2)c1. The van der Waals surface area contributed by atoms with Gasteiger partial charge in [-0.2, -0.15) is 0 Å². The van der Waals surface area contributed by atoms with Crippen LogP contribution in [0.4, 0.5) is 0 Å². The summed E-state index contributed by atoms with van der Waals surface area (Å²) in [4.78, 5) is 11.8. The summed E-state index contributed by atoms with van der Waals surface area (Å²) in [6.45, 7) is 1.95. The van der Waals surface area contributed by atoms with Crippen molar-refractivity contribution in [2.75, 3.05) is 0 Å². The Morgan fingerprint density at radius 2 is 2.29 bits per heavy atom. The van der Waals surface area contributed by atoms with Crippen LogP contribution in [0.25, 0.3) is 0 Å². The predicted molar refractivity (Wildman–Crippen MR) is 54.5 cm³/mol. The van der Waals surface area contributed by atoms with Crippen molar-refractivity contribution >= 4 is 17.3 Å². The summed E-state index contributed by atoms with van der Waals surface area (Å²) in [6.07, 6.45) is 0. The quantitative estimate of drug-likeness (QED) is 0.703. The minimum Gasteiger partial charge on any atom is -0.287 e. The van der Waals surface area contributed by atoms with Gasteiger partial charge in [0.25, 0.3) is 0 Å². The third-order valence-electron chi connectivity index (χ3n) is 1.87. The second-order valence-electron chi connectivity index (χ2n) is 2.99. The molecule has 0 bridgehead atoms. The summed E-state index contributed by atoms with van der Waals surface area (Å²) in [5.41, 5.74) is 2.15. The van der Waals surface area contributed by atoms with Gasteiger partial charge in [0.2, 0.25) is 5.78 Å². The molecule has 2 aromatic rings. The molecule has 0 aliphatic heterocycles. The lowest BCUT2D eigenvalue weighted by Crippen LogP contribution is -2.01. The minimum atomic E-state index is -0.0672. The monoisotopic (exact) mass is 204 g/mol. The fraction of sp³-hybridized carbons (Fsp3) is 0.100. The van der Waals surface area contributed by atoms with Gasteiger partial charge in [-0.1, -0.05) is 28.3 Å². The van der Waals surface area contributed by atoms with E-state index in [4.69, 9.17) is 0 Å². The number of rotatable bonds is 2. The molecule has 70 valence electrons. The first-order valence-electron chi connectivity index (χ1n) is 4.16. The molecular formula is C10H8N2OS. The second kappa shape index (κ2) is 3.67. The Hall–Kier alpha value is -1.55. The number of carbonyl (C=O) groups is 1. The van der Waals surface area contributed by atoms with E-state index in [2.05, 4.69) is 9.59 Å². The molecule has 0 unspecified atom stereocenters. The van der Waals surface area contributed by atoms with Gasteiger partial charge in [0, 0.05) is 10.9 Å². The average molecular weight is 204 g/mol. The largest absolute Gasteiger partial charge is 0.287 e. The van der Waals surface area contributed by atoms with Crippen LogP contribution >= 0.6 is 11.5 Å². The van der Waals surface area contributed by atoms with Crippen LogP contribution < -0.4 is 0 Å². The number of benzene rings is 1. The third kappa shape index (κ3) is 1.70. The summed E-state index contributed by atoms with van der Waals surface area (Å²) in [5, 5.41) is 5.40. The average Bonchev–Trinajstić information content (AvgIpc) is 2.69.